The van der Waals surface area contributed by atoms with Gasteiger partial charge in [-0.25, -0.2) is 0 Å². The van der Waals surface area contributed by atoms with Crippen molar-refractivity contribution in [1.29, 1.82) is 0 Å². The minimum absolute atomic E-state index is 0.00113. The van der Waals surface area contributed by atoms with Crippen molar-refractivity contribution in [3.63, 3.8) is 0 Å². The summed E-state index contributed by atoms with van der Waals surface area (Å²) in [5.74, 6) is -0.201. The Labute approximate surface area is 272 Å². The predicted octanol–water partition coefficient (Wildman–Crippen LogP) is 8.22. The molecule has 0 saturated heterocycles. The van der Waals surface area contributed by atoms with Gasteiger partial charge in [0.1, 0.15) is 13.2 Å². The molecule has 0 radical (unpaired) electrons. The normalized spacial score (nSPS) is 15.0. The van der Waals surface area contributed by atoms with Crippen LogP contribution in [0.25, 0.3) is 0 Å². The highest BCUT2D eigenvalue weighted by Gasteiger charge is 2.23. The van der Waals surface area contributed by atoms with E-state index in [9.17, 15) is 19.4 Å². The van der Waals surface area contributed by atoms with Crippen LogP contribution in [-0.4, -0.2) is 68.5 Å². The summed E-state index contributed by atoms with van der Waals surface area (Å²) >= 11 is 0. The van der Waals surface area contributed by atoms with Crippen molar-refractivity contribution < 1.29 is 32.9 Å². The largest absolute Gasteiger partial charge is 0.756 e. The third-order valence-electron chi connectivity index (χ3n) is 8.00. The first-order valence-electron chi connectivity index (χ1n) is 18.1. The first kappa shape index (κ1) is 43.2. The molecule has 0 aromatic carbocycles. The van der Waals surface area contributed by atoms with Gasteiger partial charge in [-0.15, -0.1) is 0 Å². The zero-order valence-corrected chi connectivity index (χ0v) is 30.3. The molecule has 1 amide bonds. The average molecular weight is 647 g/mol. The number of aliphatic hydroxyl groups excluding tert-OH is 1. The van der Waals surface area contributed by atoms with Gasteiger partial charge in [0, 0.05) is 6.42 Å². The number of phosphoric ester groups is 1. The number of hydrogen-bond acceptors (Lipinski definition) is 6. The first-order chi connectivity index (χ1) is 21.0. The average Bonchev–Trinajstić information content (AvgIpc) is 2.95. The van der Waals surface area contributed by atoms with Crippen LogP contribution in [0.15, 0.2) is 12.2 Å². The highest BCUT2D eigenvalue weighted by atomic mass is 31.2. The molecule has 3 unspecified atom stereocenters. The van der Waals surface area contributed by atoms with Crippen LogP contribution in [-0.2, 0) is 18.4 Å². The third kappa shape index (κ3) is 29.9. The van der Waals surface area contributed by atoms with E-state index in [1.165, 1.54) is 96.3 Å². The van der Waals surface area contributed by atoms with E-state index in [4.69, 9.17) is 9.05 Å². The number of unbranched alkanes of at least 4 members (excludes halogenated alkanes) is 19. The zero-order chi connectivity index (χ0) is 32.9. The lowest BCUT2D eigenvalue weighted by Crippen LogP contribution is -2.45. The van der Waals surface area contributed by atoms with Gasteiger partial charge < -0.3 is 28.8 Å². The molecular weight excluding hydrogens is 575 g/mol. The maximum atomic E-state index is 12.7. The Morgan fingerprint density at radius 3 is 1.70 bits per heavy atom. The van der Waals surface area contributed by atoms with E-state index in [1.807, 2.05) is 27.2 Å². The Hall–Kier alpha value is -0.760. The minimum Gasteiger partial charge on any atom is -0.756 e. The van der Waals surface area contributed by atoms with Crippen molar-refractivity contribution in [1.82, 2.24) is 5.32 Å². The number of nitrogens with one attached hydrogen (secondary N) is 1. The number of amides is 1. The molecule has 0 aromatic rings. The number of aliphatic hydroxyl groups is 1. The highest BCUT2D eigenvalue weighted by molar-refractivity contribution is 7.45. The first-order valence-corrected chi connectivity index (χ1v) is 19.5. The summed E-state index contributed by atoms with van der Waals surface area (Å²) in [6, 6.07) is -0.876. The quantitative estimate of drug-likeness (QED) is 0.0330. The van der Waals surface area contributed by atoms with Gasteiger partial charge in [0.05, 0.1) is 39.9 Å². The molecule has 44 heavy (non-hydrogen) atoms. The summed E-state index contributed by atoms with van der Waals surface area (Å²) in [6.07, 6.45) is 28.3. The van der Waals surface area contributed by atoms with Crippen molar-refractivity contribution in [3.05, 3.63) is 12.2 Å². The SMILES string of the molecule is CCCCCCCC/C=C/C(O)C(COP(=O)([O-])OCC[N+](C)(C)C)NC(=O)CCCCCCCCCCCCCCCC. The molecule has 2 N–H and O–H groups in total. The lowest BCUT2D eigenvalue weighted by Gasteiger charge is -2.29. The smallest absolute Gasteiger partial charge is 0.268 e. The van der Waals surface area contributed by atoms with Crippen LogP contribution in [0, 0.1) is 0 Å². The number of hydrogen-bond donors (Lipinski definition) is 2. The number of allylic oxidation sites excluding steroid dienone is 1. The molecule has 0 spiro atoms. The molecule has 0 saturated carbocycles. The molecule has 0 fully saturated rings. The Bertz CT molecular complexity index is 743. The fraction of sp³-hybridized carbons (Fsp3) is 0.914. The lowest BCUT2D eigenvalue weighted by atomic mass is 10.0. The zero-order valence-electron chi connectivity index (χ0n) is 29.4. The molecule has 0 aliphatic rings. The molecule has 0 rings (SSSR count). The van der Waals surface area contributed by atoms with Crippen molar-refractivity contribution in [2.75, 3.05) is 40.9 Å². The van der Waals surface area contributed by atoms with Crippen molar-refractivity contribution >= 4 is 13.7 Å². The summed E-state index contributed by atoms with van der Waals surface area (Å²) in [5.41, 5.74) is 0. The molecule has 262 valence electrons. The number of quaternary nitrogens is 1. The molecule has 0 heterocycles. The Morgan fingerprint density at radius 2 is 1.23 bits per heavy atom. The fourth-order valence-corrected chi connectivity index (χ4v) is 5.76. The van der Waals surface area contributed by atoms with Gasteiger partial charge in [0.15, 0.2) is 0 Å². The van der Waals surface area contributed by atoms with E-state index >= 15 is 0 Å². The van der Waals surface area contributed by atoms with E-state index in [2.05, 4.69) is 19.2 Å². The van der Waals surface area contributed by atoms with Crippen LogP contribution in [0.3, 0.4) is 0 Å². The van der Waals surface area contributed by atoms with Crippen molar-refractivity contribution in [2.45, 2.75) is 167 Å². The number of phosphoric acid groups is 1. The summed E-state index contributed by atoms with van der Waals surface area (Å²) in [5, 5.41) is 13.6. The summed E-state index contributed by atoms with van der Waals surface area (Å²) in [4.78, 5) is 25.0. The number of carbonyl (C=O) groups is 1. The standard InChI is InChI=1S/C35H71N2O6P/c1-6-8-10-12-14-16-17-18-19-20-21-23-25-27-29-35(39)36-33(32-43-44(40,41)42-31-30-37(3,4)5)34(38)28-26-24-22-15-13-11-9-7-2/h26,28,33-34,38H,6-25,27,29-32H2,1-5H3,(H-,36,39,40,41)/b28-26+. The van der Waals surface area contributed by atoms with Crippen LogP contribution < -0.4 is 10.2 Å². The second-order valence-corrected chi connectivity index (χ2v) is 15.0. The van der Waals surface area contributed by atoms with Gasteiger partial charge in [-0.1, -0.05) is 142 Å². The topological polar surface area (TPSA) is 108 Å². The fourth-order valence-electron chi connectivity index (χ4n) is 5.03. The Kier molecular flexibility index (Phi) is 28.0. The molecule has 0 bridgehead atoms. The maximum Gasteiger partial charge on any atom is 0.268 e. The molecule has 9 heteroatoms. The number of likely N-dealkylation sites (N-methyl/N-ethyl adjacent to an activating group) is 1. The Balaban J connectivity index is 4.47. The second-order valence-electron chi connectivity index (χ2n) is 13.6. The maximum absolute atomic E-state index is 12.7. The second kappa shape index (κ2) is 28.5. The van der Waals surface area contributed by atoms with Crippen molar-refractivity contribution in [3.8, 4) is 0 Å². The minimum atomic E-state index is -4.56. The van der Waals surface area contributed by atoms with Gasteiger partial charge in [-0.2, -0.15) is 0 Å². The highest BCUT2D eigenvalue weighted by Crippen LogP contribution is 2.38. The molecule has 0 aromatic heterocycles. The van der Waals surface area contributed by atoms with Gasteiger partial charge in [-0.05, 0) is 19.3 Å². The molecule has 8 nitrogen and oxygen atoms in total. The number of carbonyl (C=O) groups excluding carboxylic acids is 1. The van der Waals surface area contributed by atoms with E-state index in [1.54, 1.807) is 6.08 Å². The van der Waals surface area contributed by atoms with E-state index in [0.717, 1.165) is 38.5 Å². The summed E-state index contributed by atoms with van der Waals surface area (Å²) in [6.45, 7) is 4.58. The Morgan fingerprint density at radius 1 is 0.773 bits per heavy atom. The van der Waals surface area contributed by atoms with Crippen LogP contribution in [0.2, 0.25) is 0 Å². The molecular formula is C35H71N2O6P. The number of nitrogens with zero attached hydrogens (tertiary/aromatic N) is 1. The van der Waals surface area contributed by atoms with Crippen LogP contribution in [0.5, 0.6) is 0 Å². The van der Waals surface area contributed by atoms with Gasteiger partial charge in [0.2, 0.25) is 5.91 Å². The van der Waals surface area contributed by atoms with Crippen LogP contribution >= 0.6 is 7.82 Å². The molecule has 0 aliphatic carbocycles. The van der Waals surface area contributed by atoms with E-state index < -0.39 is 20.0 Å². The van der Waals surface area contributed by atoms with Crippen LogP contribution in [0.4, 0.5) is 0 Å². The van der Waals surface area contributed by atoms with Crippen LogP contribution in [0.1, 0.15) is 155 Å². The van der Waals surface area contributed by atoms with Gasteiger partial charge in [0.25, 0.3) is 7.82 Å². The van der Waals surface area contributed by atoms with Gasteiger partial charge in [-0.3, -0.25) is 9.36 Å². The lowest BCUT2D eigenvalue weighted by molar-refractivity contribution is -0.870. The monoisotopic (exact) mass is 647 g/mol. The van der Waals surface area contributed by atoms with E-state index in [-0.39, 0.29) is 19.1 Å². The third-order valence-corrected chi connectivity index (χ3v) is 8.96. The molecule has 0 aliphatic heterocycles. The van der Waals surface area contributed by atoms with Crippen molar-refractivity contribution in [2.24, 2.45) is 0 Å². The summed E-state index contributed by atoms with van der Waals surface area (Å²) in [7, 11) is 1.26. The number of rotatable bonds is 32. The predicted molar refractivity (Wildman–Crippen MR) is 182 cm³/mol. The summed E-state index contributed by atoms with van der Waals surface area (Å²) < 4.78 is 23.0. The van der Waals surface area contributed by atoms with E-state index in [0.29, 0.717) is 17.4 Å². The molecule has 3 atom stereocenters. The van der Waals surface area contributed by atoms with Gasteiger partial charge >= 0.3 is 0 Å².